The molecular formula is C21H21ClN4O2S. The van der Waals surface area contributed by atoms with Crippen LogP contribution in [-0.4, -0.2) is 33.2 Å². The zero-order valence-corrected chi connectivity index (χ0v) is 17.8. The number of imidazole rings is 1. The van der Waals surface area contributed by atoms with Crippen molar-refractivity contribution in [3.8, 4) is 0 Å². The first-order valence-electron chi connectivity index (χ1n) is 9.50. The number of nitrogens with zero attached hydrogens (tertiary/aromatic N) is 3. The molecule has 6 nitrogen and oxygen atoms in total. The molecule has 1 aliphatic heterocycles. The van der Waals surface area contributed by atoms with Crippen LogP contribution in [0.25, 0.3) is 11.0 Å². The molecule has 0 bridgehead atoms. The normalized spacial score (nSPS) is 14.6. The Morgan fingerprint density at radius 2 is 2.10 bits per heavy atom. The monoisotopic (exact) mass is 428 g/mol. The minimum atomic E-state index is -0.406. The fourth-order valence-electron chi connectivity index (χ4n) is 3.47. The highest BCUT2D eigenvalue weighted by Gasteiger charge is 2.31. The summed E-state index contributed by atoms with van der Waals surface area (Å²) in [6.45, 7) is 4.77. The van der Waals surface area contributed by atoms with Gasteiger partial charge in [-0.25, -0.2) is 4.98 Å². The standard InChI is InChI=1S/C21H21ClN4O2S/c1-3-10-25-18-9-8-14(22)11-16(18)24-21(25)29-13(2)20(28)26-12-19(27)23-15-6-4-5-7-17(15)26/h4-9,11,13H,3,10,12H2,1-2H3,(H,23,27). The molecule has 1 aliphatic rings. The van der Waals surface area contributed by atoms with E-state index >= 15 is 0 Å². The minimum Gasteiger partial charge on any atom is -0.323 e. The number of aryl methyl sites for hydroxylation is 1. The molecule has 0 saturated carbocycles. The SMILES string of the molecule is CCCn1c(SC(C)C(=O)N2CC(=O)Nc3ccccc32)nc2cc(Cl)ccc21. The van der Waals surface area contributed by atoms with Crippen LogP contribution in [0.15, 0.2) is 47.6 Å². The van der Waals surface area contributed by atoms with Gasteiger partial charge in [-0.1, -0.05) is 42.4 Å². The Labute approximate surface area is 178 Å². The van der Waals surface area contributed by atoms with E-state index in [1.807, 2.05) is 43.3 Å². The number of carbonyl (C=O) groups excluding carboxylic acids is 2. The quantitative estimate of drug-likeness (QED) is 0.604. The van der Waals surface area contributed by atoms with Crippen molar-refractivity contribution in [3.05, 3.63) is 47.5 Å². The topological polar surface area (TPSA) is 67.2 Å². The van der Waals surface area contributed by atoms with Crippen LogP contribution in [0, 0.1) is 0 Å². The molecule has 0 spiro atoms. The molecule has 4 rings (SSSR count). The minimum absolute atomic E-state index is 0.0156. The van der Waals surface area contributed by atoms with Gasteiger partial charge < -0.3 is 9.88 Å². The van der Waals surface area contributed by atoms with Gasteiger partial charge in [0.15, 0.2) is 5.16 Å². The molecule has 0 fully saturated rings. The van der Waals surface area contributed by atoms with Crippen molar-refractivity contribution in [1.29, 1.82) is 0 Å². The van der Waals surface area contributed by atoms with Crippen LogP contribution >= 0.6 is 23.4 Å². The smallest absolute Gasteiger partial charge is 0.244 e. The summed E-state index contributed by atoms with van der Waals surface area (Å²) < 4.78 is 2.12. The lowest BCUT2D eigenvalue weighted by Crippen LogP contribution is -2.45. The highest BCUT2D eigenvalue weighted by Crippen LogP contribution is 2.33. The highest BCUT2D eigenvalue weighted by atomic mass is 35.5. The highest BCUT2D eigenvalue weighted by molar-refractivity contribution is 8.00. The molecule has 2 amide bonds. The summed E-state index contributed by atoms with van der Waals surface area (Å²) in [4.78, 5) is 31.5. The van der Waals surface area contributed by atoms with Crippen molar-refractivity contribution < 1.29 is 9.59 Å². The summed E-state index contributed by atoms with van der Waals surface area (Å²) in [6.07, 6.45) is 0.948. The summed E-state index contributed by atoms with van der Waals surface area (Å²) in [6, 6.07) is 13.0. The number of amides is 2. The third kappa shape index (κ3) is 3.84. The Morgan fingerprint density at radius 1 is 1.31 bits per heavy atom. The average molecular weight is 429 g/mol. The molecule has 1 N–H and O–H groups in total. The first-order valence-corrected chi connectivity index (χ1v) is 10.8. The molecule has 2 heterocycles. The predicted molar refractivity (Wildman–Crippen MR) is 118 cm³/mol. The van der Waals surface area contributed by atoms with Crippen LogP contribution in [0.3, 0.4) is 0 Å². The number of hydrogen-bond donors (Lipinski definition) is 1. The van der Waals surface area contributed by atoms with E-state index in [4.69, 9.17) is 16.6 Å². The van der Waals surface area contributed by atoms with Crippen molar-refractivity contribution in [2.45, 2.75) is 37.2 Å². The Balaban J connectivity index is 1.63. The first-order chi connectivity index (χ1) is 14.0. The molecule has 29 heavy (non-hydrogen) atoms. The molecule has 1 unspecified atom stereocenters. The lowest BCUT2D eigenvalue weighted by atomic mass is 10.2. The van der Waals surface area contributed by atoms with Gasteiger partial charge in [0.2, 0.25) is 11.8 Å². The third-order valence-electron chi connectivity index (χ3n) is 4.79. The zero-order valence-electron chi connectivity index (χ0n) is 16.2. The Hall–Kier alpha value is -2.51. The van der Waals surface area contributed by atoms with E-state index in [1.54, 1.807) is 11.0 Å². The Kier molecular flexibility index (Phi) is 5.52. The van der Waals surface area contributed by atoms with E-state index in [2.05, 4.69) is 16.8 Å². The van der Waals surface area contributed by atoms with Crippen molar-refractivity contribution >= 4 is 57.6 Å². The van der Waals surface area contributed by atoms with Crippen LogP contribution in [0.1, 0.15) is 20.3 Å². The Morgan fingerprint density at radius 3 is 2.90 bits per heavy atom. The van der Waals surface area contributed by atoms with Crippen LogP contribution in [0.4, 0.5) is 11.4 Å². The maximum Gasteiger partial charge on any atom is 0.244 e. The van der Waals surface area contributed by atoms with E-state index < -0.39 is 5.25 Å². The largest absolute Gasteiger partial charge is 0.323 e. The van der Waals surface area contributed by atoms with Gasteiger partial charge in [0.1, 0.15) is 6.54 Å². The van der Waals surface area contributed by atoms with Crippen molar-refractivity contribution in [2.75, 3.05) is 16.8 Å². The summed E-state index contributed by atoms with van der Waals surface area (Å²) in [5, 5.41) is 3.82. The Bertz CT molecular complexity index is 1100. The number of nitrogens with one attached hydrogen (secondary N) is 1. The van der Waals surface area contributed by atoms with Gasteiger partial charge in [0.05, 0.1) is 27.7 Å². The fraction of sp³-hybridized carbons (Fsp3) is 0.286. The molecular weight excluding hydrogens is 408 g/mol. The molecule has 0 radical (unpaired) electrons. The molecule has 3 aromatic rings. The van der Waals surface area contributed by atoms with Gasteiger partial charge in [-0.05, 0) is 43.7 Å². The molecule has 8 heteroatoms. The van der Waals surface area contributed by atoms with Crippen molar-refractivity contribution in [3.63, 3.8) is 0 Å². The van der Waals surface area contributed by atoms with Gasteiger partial charge in [0, 0.05) is 11.6 Å². The number of halogens is 1. The number of thioether (sulfide) groups is 1. The summed E-state index contributed by atoms with van der Waals surface area (Å²) in [5.74, 6) is -0.312. The van der Waals surface area contributed by atoms with Gasteiger partial charge >= 0.3 is 0 Å². The van der Waals surface area contributed by atoms with Gasteiger partial charge in [-0.3, -0.25) is 14.5 Å². The second kappa shape index (κ2) is 8.08. The molecule has 2 aromatic carbocycles. The van der Waals surface area contributed by atoms with E-state index in [1.165, 1.54) is 11.8 Å². The van der Waals surface area contributed by atoms with E-state index in [0.717, 1.165) is 34.8 Å². The summed E-state index contributed by atoms with van der Waals surface area (Å²) in [7, 11) is 0. The van der Waals surface area contributed by atoms with Gasteiger partial charge in [-0.2, -0.15) is 0 Å². The number of para-hydroxylation sites is 2. The summed E-state index contributed by atoms with van der Waals surface area (Å²) in [5.41, 5.74) is 3.19. The fourth-order valence-corrected chi connectivity index (χ4v) is 4.65. The van der Waals surface area contributed by atoms with Crippen molar-refractivity contribution in [2.24, 2.45) is 0 Å². The van der Waals surface area contributed by atoms with Crippen LogP contribution in [0.2, 0.25) is 5.02 Å². The van der Waals surface area contributed by atoms with Crippen LogP contribution in [0.5, 0.6) is 0 Å². The van der Waals surface area contributed by atoms with E-state index in [9.17, 15) is 9.59 Å². The number of benzene rings is 2. The second-order valence-corrected chi connectivity index (χ2v) is 8.67. The van der Waals surface area contributed by atoms with Crippen LogP contribution < -0.4 is 10.2 Å². The average Bonchev–Trinajstić information content (AvgIpc) is 3.03. The number of aromatic nitrogens is 2. The molecule has 1 atom stereocenters. The third-order valence-corrected chi connectivity index (χ3v) is 6.10. The lowest BCUT2D eigenvalue weighted by molar-refractivity contribution is -0.121. The van der Waals surface area contributed by atoms with E-state index in [-0.39, 0.29) is 18.4 Å². The number of rotatable bonds is 5. The summed E-state index contributed by atoms with van der Waals surface area (Å²) >= 11 is 7.53. The predicted octanol–water partition coefficient (Wildman–Crippen LogP) is 4.57. The maximum atomic E-state index is 13.2. The second-order valence-electron chi connectivity index (χ2n) is 6.93. The van der Waals surface area contributed by atoms with Crippen LogP contribution in [-0.2, 0) is 16.1 Å². The van der Waals surface area contributed by atoms with Gasteiger partial charge in [-0.15, -0.1) is 0 Å². The van der Waals surface area contributed by atoms with E-state index in [0.29, 0.717) is 10.7 Å². The molecule has 150 valence electrons. The zero-order chi connectivity index (χ0) is 20.5. The molecule has 0 saturated heterocycles. The number of carbonyl (C=O) groups is 2. The first kappa shape index (κ1) is 19.8. The molecule has 0 aliphatic carbocycles. The maximum absolute atomic E-state index is 13.2. The van der Waals surface area contributed by atoms with Gasteiger partial charge in [0.25, 0.3) is 0 Å². The number of fused-ring (bicyclic) bond motifs is 2. The molecule has 1 aromatic heterocycles. The number of hydrogen-bond acceptors (Lipinski definition) is 4. The number of anilines is 2. The van der Waals surface area contributed by atoms with Crippen molar-refractivity contribution in [1.82, 2.24) is 9.55 Å². The lowest BCUT2D eigenvalue weighted by Gasteiger charge is -2.30.